The van der Waals surface area contributed by atoms with E-state index in [0.717, 1.165) is 22.9 Å². The van der Waals surface area contributed by atoms with E-state index >= 15 is 0 Å². The molecular weight excluding hydrogens is 352 g/mol. The number of anilines is 1. The van der Waals surface area contributed by atoms with Gasteiger partial charge in [0.05, 0.1) is 17.0 Å². The number of nitrogens with one attached hydrogen (secondary N) is 1. The van der Waals surface area contributed by atoms with Crippen molar-refractivity contribution in [3.63, 3.8) is 0 Å². The number of carbonyl (C=O) groups is 2. The van der Waals surface area contributed by atoms with Crippen LogP contribution in [0.25, 0.3) is 11.5 Å². The lowest BCUT2D eigenvalue weighted by atomic mass is 10.1. The maximum Gasteiger partial charge on any atom is 0.277 e. The molecule has 0 aliphatic carbocycles. The molecule has 3 N–H and O–H groups in total. The van der Waals surface area contributed by atoms with Gasteiger partial charge in [-0.05, 0) is 30.7 Å². The molecular formula is C18H16N4O3S. The molecule has 7 nitrogen and oxygen atoms in total. The number of benzene rings is 2. The van der Waals surface area contributed by atoms with E-state index in [1.807, 2.05) is 31.2 Å². The zero-order chi connectivity index (χ0) is 18.5. The van der Waals surface area contributed by atoms with Crippen LogP contribution < -0.4 is 11.1 Å². The average Bonchev–Trinajstić information content (AvgIpc) is 3.09. The SMILES string of the molecule is Cc1ccccc1-c1nnc(SCC(=O)Nc2ccccc2C(N)=O)o1. The summed E-state index contributed by atoms with van der Waals surface area (Å²) >= 11 is 1.11. The van der Waals surface area contributed by atoms with E-state index in [2.05, 4.69) is 15.5 Å². The molecule has 0 spiro atoms. The third kappa shape index (κ3) is 4.09. The Hall–Kier alpha value is -3.13. The van der Waals surface area contributed by atoms with Crippen molar-refractivity contribution in [2.75, 3.05) is 11.1 Å². The van der Waals surface area contributed by atoms with Crippen LogP contribution in [0, 0.1) is 6.92 Å². The quantitative estimate of drug-likeness (QED) is 0.647. The second-order valence-electron chi connectivity index (χ2n) is 5.43. The standard InChI is InChI=1S/C18H16N4O3S/c1-11-6-2-3-7-12(11)17-21-22-18(25-17)26-10-15(23)20-14-9-5-4-8-13(14)16(19)24/h2-9H,10H2,1H3,(H2,19,24)(H,20,23). The molecule has 2 amide bonds. The van der Waals surface area contributed by atoms with Gasteiger partial charge in [-0.3, -0.25) is 9.59 Å². The molecule has 132 valence electrons. The predicted molar refractivity (Wildman–Crippen MR) is 98.8 cm³/mol. The molecule has 0 radical (unpaired) electrons. The van der Waals surface area contributed by atoms with Gasteiger partial charge in [0.2, 0.25) is 11.8 Å². The molecule has 0 aliphatic rings. The molecule has 0 fully saturated rings. The zero-order valence-electron chi connectivity index (χ0n) is 13.9. The number of amides is 2. The number of nitrogens with zero attached hydrogens (tertiary/aromatic N) is 2. The van der Waals surface area contributed by atoms with Gasteiger partial charge in [0.1, 0.15) is 0 Å². The van der Waals surface area contributed by atoms with E-state index in [1.54, 1.807) is 24.3 Å². The summed E-state index contributed by atoms with van der Waals surface area (Å²) in [6.07, 6.45) is 0. The van der Waals surface area contributed by atoms with Crippen LogP contribution in [-0.4, -0.2) is 27.8 Å². The Kier molecular flexibility index (Phi) is 5.33. The number of carbonyl (C=O) groups excluding carboxylic acids is 2. The number of para-hydroxylation sites is 1. The Morgan fingerprint density at radius 3 is 2.62 bits per heavy atom. The summed E-state index contributed by atoms with van der Waals surface area (Å²) in [7, 11) is 0. The normalized spacial score (nSPS) is 10.5. The number of aromatic nitrogens is 2. The monoisotopic (exact) mass is 368 g/mol. The van der Waals surface area contributed by atoms with Crippen molar-refractivity contribution in [1.29, 1.82) is 0 Å². The number of thioether (sulfide) groups is 1. The minimum Gasteiger partial charge on any atom is -0.411 e. The molecule has 1 heterocycles. The van der Waals surface area contributed by atoms with Crippen molar-refractivity contribution >= 4 is 29.3 Å². The van der Waals surface area contributed by atoms with Crippen LogP contribution in [0.4, 0.5) is 5.69 Å². The Labute approximate surface area is 154 Å². The summed E-state index contributed by atoms with van der Waals surface area (Å²) < 4.78 is 5.60. The van der Waals surface area contributed by atoms with Crippen LogP contribution in [0.3, 0.4) is 0 Å². The van der Waals surface area contributed by atoms with Gasteiger partial charge in [-0.1, -0.05) is 42.1 Å². The van der Waals surface area contributed by atoms with Gasteiger partial charge in [-0.25, -0.2) is 0 Å². The fraction of sp³-hybridized carbons (Fsp3) is 0.111. The van der Waals surface area contributed by atoms with Crippen molar-refractivity contribution in [3.05, 3.63) is 59.7 Å². The molecule has 26 heavy (non-hydrogen) atoms. The molecule has 3 aromatic rings. The van der Waals surface area contributed by atoms with Gasteiger partial charge in [-0.2, -0.15) is 0 Å². The van der Waals surface area contributed by atoms with Gasteiger partial charge >= 0.3 is 0 Å². The van der Waals surface area contributed by atoms with Crippen molar-refractivity contribution in [1.82, 2.24) is 10.2 Å². The highest BCUT2D eigenvalue weighted by molar-refractivity contribution is 7.99. The molecule has 0 bridgehead atoms. The van der Waals surface area contributed by atoms with E-state index in [1.165, 1.54) is 0 Å². The van der Waals surface area contributed by atoms with Crippen LogP contribution in [-0.2, 0) is 4.79 Å². The summed E-state index contributed by atoms with van der Waals surface area (Å²) in [4.78, 5) is 23.5. The molecule has 0 unspecified atom stereocenters. The maximum atomic E-state index is 12.1. The molecule has 0 saturated carbocycles. The van der Waals surface area contributed by atoms with Gasteiger partial charge in [0.15, 0.2) is 0 Å². The number of nitrogens with two attached hydrogens (primary N) is 1. The number of hydrogen-bond donors (Lipinski definition) is 2. The second kappa shape index (κ2) is 7.83. The summed E-state index contributed by atoms with van der Waals surface area (Å²) in [6.45, 7) is 1.95. The van der Waals surface area contributed by atoms with Crippen molar-refractivity contribution in [2.45, 2.75) is 12.1 Å². The number of hydrogen-bond acceptors (Lipinski definition) is 6. The van der Waals surface area contributed by atoms with Crippen LogP contribution in [0.1, 0.15) is 15.9 Å². The van der Waals surface area contributed by atoms with E-state index in [-0.39, 0.29) is 17.2 Å². The Bertz CT molecular complexity index is 955. The van der Waals surface area contributed by atoms with Crippen LogP contribution in [0.5, 0.6) is 0 Å². The minimum atomic E-state index is -0.603. The first-order valence-corrected chi connectivity index (χ1v) is 8.74. The van der Waals surface area contributed by atoms with Gasteiger partial charge in [0.25, 0.3) is 11.1 Å². The Balaban J connectivity index is 1.63. The fourth-order valence-corrected chi connectivity index (χ4v) is 2.87. The molecule has 1 aromatic heterocycles. The smallest absolute Gasteiger partial charge is 0.277 e. The van der Waals surface area contributed by atoms with E-state index in [9.17, 15) is 9.59 Å². The van der Waals surface area contributed by atoms with E-state index in [4.69, 9.17) is 10.2 Å². The highest BCUT2D eigenvalue weighted by atomic mass is 32.2. The van der Waals surface area contributed by atoms with Crippen molar-refractivity contribution in [3.8, 4) is 11.5 Å². The number of primary amides is 1. The van der Waals surface area contributed by atoms with Crippen molar-refractivity contribution < 1.29 is 14.0 Å². The summed E-state index contributed by atoms with van der Waals surface area (Å²) in [5, 5.41) is 10.9. The lowest BCUT2D eigenvalue weighted by molar-refractivity contribution is -0.113. The Morgan fingerprint density at radius 1 is 1.12 bits per heavy atom. The summed E-state index contributed by atoms with van der Waals surface area (Å²) in [5.74, 6) is -0.444. The predicted octanol–water partition coefficient (Wildman–Crippen LogP) is 2.87. The number of rotatable bonds is 6. The lowest BCUT2D eigenvalue weighted by Gasteiger charge is -2.07. The van der Waals surface area contributed by atoms with Crippen molar-refractivity contribution in [2.24, 2.45) is 5.73 Å². The third-order valence-corrected chi connectivity index (χ3v) is 4.39. The first kappa shape index (κ1) is 17.7. The van der Waals surface area contributed by atoms with E-state index in [0.29, 0.717) is 16.8 Å². The first-order valence-electron chi connectivity index (χ1n) is 7.75. The van der Waals surface area contributed by atoms with E-state index < -0.39 is 5.91 Å². The van der Waals surface area contributed by atoms with Crippen LogP contribution >= 0.6 is 11.8 Å². The molecule has 8 heteroatoms. The molecule has 0 atom stereocenters. The highest BCUT2D eigenvalue weighted by Crippen LogP contribution is 2.25. The van der Waals surface area contributed by atoms with Gasteiger partial charge in [-0.15, -0.1) is 10.2 Å². The molecule has 0 saturated heterocycles. The topological polar surface area (TPSA) is 111 Å². The zero-order valence-corrected chi connectivity index (χ0v) is 14.7. The third-order valence-electron chi connectivity index (χ3n) is 3.58. The molecule has 2 aromatic carbocycles. The fourth-order valence-electron chi connectivity index (χ4n) is 2.31. The molecule has 3 rings (SSSR count). The largest absolute Gasteiger partial charge is 0.411 e. The highest BCUT2D eigenvalue weighted by Gasteiger charge is 2.14. The van der Waals surface area contributed by atoms with Crippen LogP contribution in [0.15, 0.2) is 58.2 Å². The number of aryl methyl sites for hydroxylation is 1. The lowest BCUT2D eigenvalue weighted by Crippen LogP contribution is -2.19. The van der Waals surface area contributed by atoms with Gasteiger partial charge < -0.3 is 15.5 Å². The maximum absolute atomic E-state index is 12.1. The minimum absolute atomic E-state index is 0.0580. The van der Waals surface area contributed by atoms with Crippen LogP contribution in [0.2, 0.25) is 0 Å². The van der Waals surface area contributed by atoms with Gasteiger partial charge in [0, 0.05) is 5.56 Å². The summed E-state index contributed by atoms with van der Waals surface area (Å²) in [6, 6.07) is 14.2. The first-order chi connectivity index (χ1) is 12.5. The molecule has 0 aliphatic heterocycles. The second-order valence-corrected chi connectivity index (χ2v) is 6.36. The Morgan fingerprint density at radius 2 is 1.85 bits per heavy atom. The average molecular weight is 368 g/mol. The summed E-state index contributed by atoms with van der Waals surface area (Å²) in [5.41, 5.74) is 7.80.